The summed E-state index contributed by atoms with van der Waals surface area (Å²) in [5.74, 6) is -1.46. The Hall–Kier alpha value is -3.03. The molecular formula is C22H15ClF2N2O2S. The SMILES string of the molecule is CS(=O)(=O)c1ccc(-n2nc(-c3ccc(Cl)cc3)cc2-c2c(F)cccc2F)cc1. The van der Waals surface area contributed by atoms with Crippen molar-refractivity contribution in [3.63, 3.8) is 0 Å². The maximum atomic E-state index is 14.5. The van der Waals surface area contributed by atoms with E-state index in [-0.39, 0.29) is 16.2 Å². The fourth-order valence-electron chi connectivity index (χ4n) is 3.09. The van der Waals surface area contributed by atoms with Crippen molar-refractivity contribution in [3.05, 3.63) is 89.5 Å². The van der Waals surface area contributed by atoms with Gasteiger partial charge < -0.3 is 0 Å². The first kappa shape index (κ1) is 20.3. The van der Waals surface area contributed by atoms with E-state index in [0.29, 0.717) is 22.0 Å². The Bertz CT molecular complexity index is 1310. The lowest BCUT2D eigenvalue weighted by molar-refractivity contribution is 0.587. The van der Waals surface area contributed by atoms with Crippen molar-refractivity contribution >= 4 is 21.4 Å². The van der Waals surface area contributed by atoms with Crippen molar-refractivity contribution < 1.29 is 17.2 Å². The fourth-order valence-corrected chi connectivity index (χ4v) is 3.85. The predicted octanol–water partition coefficient (Wildman–Crippen LogP) is 5.54. The van der Waals surface area contributed by atoms with Crippen LogP contribution < -0.4 is 0 Å². The van der Waals surface area contributed by atoms with Crippen molar-refractivity contribution in [2.24, 2.45) is 0 Å². The molecule has 0 N–H and O–H groups in total. The normalized spacial score (nSPS) is 11.6. The summed E-state index contributed by atoms with van der Waals surface area (Å²) < 4.78 is 53.9. The van der Waals surface area contributed by atoms with Crippen molar-refractivity contribution in [2.75, 3.05) is 6.26 Å². The molecule has 0 aliphatic heterocycles. The molecule has 0 saturated heterocycles. The van der Waals surface area contributed by atoms with Crippen LogP contribution in [-0.4, -0.2) is 24.5 Å². The Balaban J connectivity index is 1.93. The number of sulfone groups is 1. The molecule has 1 aromatic heterocycles. The molecule has 4 nitrogen and oxygen atoms in total. The third-order valence-electron chi connectivity index (χ3n) is 4.58. The number of hydrogen-bond donors (Lipinski definition) is 0. The average Bonchev–Trinajstić information content (AvgIpc) is 3.13. The Labute approximate surface area is 177 Å². The maximum absolute atomic E-state index is 14.5. The van der Waals surface area contributed by atoms with E-state index in [1.807, 2.05) is 0 Å². The van der Waals surface area contributed by atoms with Crippen LogP contribution in [0.2, 0.25) is 5.02 Å². The molecule has 0 aliphatic rings. The van der Waals surface area contributed by atoms with Crippen LogP contribution in [0.3, 0.4) is 0 Å². The number of aromatic nitrogens is 2. The van der Waals surface area contributed by atoms with Crippen LogP contribution in [0, 0.1) is 11.6 Å². The zero-order chi connectivity index (χ0) is 21.5. The first-order chi connectivity index (χ1) is 14.2. The average molecular weight is 445 g/mol. The molecule has 0 aliphatic carbocycles. The Morgan fingerprint density at radius 3 is 2.07 bits per heavy atom. The second kappa shape index (κ2) is 7.66. The summed E-state index contributed by atoms with van der Waals surface area (Å²) in [5.41, 5.74) is 1.63. The fraction of sp³-hybridized carbons (Fsp3) is 0.0455. The highest BCUT2D eigenvalue weighted by Gasteiger charge is 2.20. The van der Waals surface area contributed by atoms with E-state index in [0.717, 1.165) is 6.26 Å². The van der Waals surface area contributed by atoms with Gasteiger partial charge in [-0.05, 0) is 54.6 Å². The minimum Gasteiger partial charge on any atom is -0.232 e. The zero-order valence-electron chi connectivity index (χ0n) is 15.7. The summed E-state index contributed by atoms with van der Waals surface area (Å²) >= 11 is 5.95. The third-order valence-corrected chi connectivity index (χ3v) is 5.96. The number of rotatable bonds is 4. The lowest BCUT2D eigenvalue weighted by atomic mass is 10.1. The largest absolute Gasteiger partial charge is 0.232 e. The molecule has 3 aromatic carbocycles. The summed E-state index contributed by atoms with van der Waals surface area (Å²) in [6.45, 7) is 0. The monoisotopic (exact) mass is 444 g/mol. The van der Waals surface area contributed by atoms with E-state index in [2.05, 4.69) is 5.10 Å². The van der Waals surface area contributed by atoms with Gasteiger partial charge in [-0.15, -0.1) is 0 Å². The van der Waals surface area contributed by atoms with E-state index in [1.54, 1.807) is 30.3 Å². The molecule has 152 valence electrons. The van der Waals surface area contributed by atoms with Crippen LogP contribution in [0.4, 0.5) is 8.78 Å². The highest BCUT2D eigenvalue weighted by atomic mass is 35.5. The molecule has 0 radical (unpaired) electrons. The molecule has 0 unspecified atom stereocenters. The molecule has 0 amide bonds. The summed E-state index contributed by atoms with van der Waals surface area (Å²) in [7, 11) is -3.38. The van der Waals surface area contributed by atoms with Crippen LogP contribution >= 0.6 is 11.6 Å². The Morgan fingerprint density at radius 2 is 1.50 bits per heavy atom. The number of halogens is 3. The topological polar surface area (TPSA) is 52.0 Å². The van der Waals surface area contributed by atoms with Crippen LogP contribution in [0.15, 0.2) is 77.7 Å². The summed E-state index contributed by atoms with van der Waals surface area (Å²) in [5, 5.41) is 5.07. The third kappa shape index (κ3) is 3.86. The smallest absolute Gasteiger partial charge is 0.175 e. The number of benzene rings is 3. The van der Waals surface area contributed by atoms with Gasteiger partial charge in [0.05, 0.1) is 27.5 Å². The second-order valence-electron chi connectivity index (χ2n) is 6.70. The first-order valence-corrected chi connectivity index (χ1v) is 11.1. The van der Waals surface area contributed by atoms with Gasteiger partial charge in [0, 0.05) is 16.8 Å². The Kier molecular flexibility index (Phi) is 5.17. The molecular weight excluding hydrogens is 430 g/mol. The molecule has 0 spiro atoms. The van der Waals surface area contributed by atoms with Gasteiger partial charge in [0.2, 0.25) is 0 Å². The van der Waals surface area contributed by atoms with Gasteiger partial charge in [0.1, 0.15) is 11.6 Å². The molecule has 30 heavy (non-hydrogen) atoms. The molecule has 4 rings (SSSR count). The zero-order valence-corrected chi connectivity index (χ0v) is 17.3. The summed E-state index contributed by atoms with van der Waals surface area (Å²) in [6.07, 6.45) is 1.11. The summed E-state index contributed by atoms with van der Waals surface area (Å²) in [6, 6.07) is 18.0. The van der Waals surface area contributed by atoms with Gasteiger partial charge in [-0.25, -0.2) is 21.9 Å². The van der Waals surface area contributed by atoms with Crippen LogP contribution in [0.5, 0.6) is 0 Å². The van der Waals surface area contributed by atoms with Gasteiger partial charge in [-0.2, -0.15) is 5.10 Å². The predicted molar refractivity (Wildman–Crippen MR) is 112 cm³/mol. The van der Waals surface area contributed by atoms with Gasteiger partial charge in [0.15, 0.2) is 9.84 Å². The Morgan fingerprint density at radius 1 is 0.900 bits per heavy atom. The van der Waals surface area contributed by atoms with Crippen molar-refractivity contribution in [2.45, 2.75) is 4.90 Å². The lowest BCUT2D eigenvalue weighted by Crippen LogP contribution is -2.03. The minimum absolute atomic E-state index is 0.134. The molecule has 0 bridgehead atoms. The highest BCUT2D eigenvalue weighted by molar-refractivity contribution is 7.90. The van der Waals surface area contributed by atoms with Crippen molar-refractivity contribution in [3.8, 4) is 28.2 Å². The van der Waals surface area contributed by atoms with Crippen LogP contribution in [0.1, 0.15) is 0 Å². The quantitative estimate of drug-likeness (QED) is 0.415. The summed E-state index contributed by atoms with van der Waals surface area (Å²) in [4.78, 5) is 0.134. The van der Waals surface area contributed by atoms with Gasteiger partial charge in [-0.1, -0.05) is 29.8 Å². The second-order valence-corrected chi connectivity index (χ2v) is 9.15. The van der Waals surface area contributed by atoms with E-state index in [4.69, 9.17) is 11.6 Å². The molecule has 0 saturated carbocycles. The molecule has 4 aromatic rings. The molecule has 8 heteroatoms. The van der Waals surface area contributed by atoms with Crippen LogP contribution in [0.25, 0.3) is 28.2 Å². The van der Waals surface area contributed by atoms with Crippen LogP contribution in [-0.2, 0) is 9.84 Å². The van der Waals surface area contributed by atoms with E-state index in [1.165, 1.54) is 47.1 Å². The van der Waals surface area contributed by atoms with Gasteiger partial charge >= 0.3 is 0 Å². The minimum atomic E-state index is -3.38. The van der Waals surface area contributed by atoms with E-state index in [9.17, 15) is 17.2 Å². The lowest BCUT2D eigenvalue weighted by Gasteiger charge is -2.10. The molecule has 0 atom stereocenters. The number of hydrogen-bond acceptors (Lipinski definition) is 3. The van der Waals surface area contributed by atoms with Crippen molar-refractivity contribution in [1.82, 2.24) is 9.78 Å². The highest BCUT2D eigenvalue weighted by Crippen LogP contribution is 2.32. The van der Waals surface area contributed by atoms with Gasteiger partial charge in [-0.3, -0.25) is 0 Å². The maximum Gasteiger partial charge on any atom is 0.175 e. The first-order valence-electron chi connectivity index (χ1n) is 8.85. The van der Waals surface area contributed by atoms with E-state index < -0.39 is 21.5 Å². The van der Waals surface area contributed by atoms with E-state index >= 15 is 0 Å². The number of nitrogens with zero attached hydrogens (tertiary/aromatic N) is 2. The molecule has 0 fully saturated rings. The standard InChI is InChI=1S/C22H15ClF2N2O2S/c1-30(28,29)17-11-9-16(10-12-17)27-21(22-18(24)3-2-4-19(22)25)13-20(26-27)14-5-7-15(23)8-6-14/h2-13H,1H3. The van der Waals surface area contributed by atoms with Crippen molar-refractivity contribution in [1.29, 1.82) is 0 Å². The molecule has 1 heterocycles. The van der Waals surface area contributed by atoms with Gasteiger partial charge in [0.25, 0.3) is 0 Å².